The zero-order chi connectivity index (χ0) is 17.5. The maximum Gasteiger partial charge on any atom is 0.328 e. The van der Waals surface area contributed by atoms with Gasteiger partial charge in [-0.15, -0.1) is 0 Å². The maximum atomic E-state index is 12.6. The minimum atomic E-state index is -3.29. The van der Waals surface area contributed by atoms with Crippen LogP contribution in [-0.2, 0) is 21.4 Å². The van der Waals surface area contributed by atoms with Crippen molar-refractivity contribution >= 4 is 15.9 Å². The first kappa shape index (κ1) is 16.9. The van der Waals surface area contributed by atoms with E-state index in [1.165, 1.54) is 22.8 Å². The molecule has 0 unspecified atom stereocenters. The summed E-state index contributed by atoms with van der Waals surface area (Å²) in [4.78, 5) is 39.2. The monoisotopic (exact) mass is 356 g/mol. The number of fused-ring (bicyclic) bond motifs is 4. The van der Waals surface area contributed by atoms with E-state index in [4.69, 9.17) is 0 Å². The van der Waals surface area contributed by atoms with Crippen LogP contribution < -0.4 is 11.2 Å². The zero-order valence-electron chi connectivity index (χ0n) is 13.3. The van der Waals surface area contributed by atoms with Crippen LogP contribution in [0.5, 0.6) is 0 Å². The molecule has 9 nitrogen and oxygen atoms in total. The third kappa shape index (κ3) is 3.44. The van der Waals surface area contributed by atoms with Crippen molar-refractivity contribution in [2.45, 2.75) is 25.4 Å². The predicted octanol–water partition coefficient (Wildman–Crippen LogP) is -1.58. The first-order valence-electron chi connectivity index (χ1n) is 7.78. The summed E-state index contributed by atoms with van der Waals surface area (Å²) in [6.45, 7) is 1.05. The van der Waals surface area contributed by atoms with E-state index in [1.807, 2.05) is 0 Å². The van der Waals surface area contributed by atoms with Crippen molar-refractivity contribution in [2.75, 3.05) is 25.9 Å². The molecule has 0 saturated carbocycles. The average Bonchev–Trinajstić information content (AvgIpc) is 2.81. The van der Waals surface area contributed by atoms with E-state index in [9.17, 15) is 22.8 Å². The third-order valence-corrected chi connectivity index (χ3v) is 5.91. The number of aromatic amines is 1. The minimum Gasteiger partial charge on any atom is -0.337 e. The molecule has 1 N–H and O–H groups in total. The quantitative estimate of drug-likeness (QED) is 0.702. The second kappa shape index (κ2) is 6.17. The molecule has 132 valence electrons. The molecular formula is C14H20N4O5S. The van der Waals surface area contributed by atoms with E-state index in [0.717, 1.165) is 17.4 Å². The van der Waals surface area contributed by atoms with Crippen LogP contribution >= 0.6 is 0 Å². The van der Waals surface area contributed by atoms with Crippen LogP contribution in [0, 0.1) is 5.92 Å². The molecule has 0 spiro atoms. The van der Waals surface area contributed by atoms with Gasteiger partial charge >= 0.3 is 5.69 Å². The Balaban J connectivity index is 1.78. The molecule has 3 saturated heterocycles. The van der Waals surface area contributed by atoms with Crippen LogP contribution in [0.3, 0.4) is 0 Å². The van der Waals surface area contributed by atoms with Crippen molar-refractivity contribution in [1.82, 2.24) is 18.8 Å². The standard InChI is InChI=1S/C14H20N4O5S/c1-24(22,23)17-6-10-2-3-11(8-17)18(7-10)13(20)9-16-5-4-12(19)15-14(16)21/h4-5,10-11H,2-3,6-9H2,1H3,(H,15,19,21)/t10-,11+/m1/s1. The fraction of sp³-hybridized carbons (Fsp3) is 0.643. The Bertz CT molecular complexity index is 858. The van der Waals surface area contributed by atoms with Crippen molar-refractivity contribution in [2.24, 2.45) is 5.92 Å². The average molecular weight is 356 g/mol. The Morgan fingerprint density at radius 2 is 2.00 bits per heavy atom. The van der Waals surface area contributed by atoms with Gasteiger partial charge in [0.25, 0.3) is 5.56 Å². The highest BCUT2D eigenvalue weighted by atomic mass is 32.2. The van der Waals surface area contributed by atoms with Gasteiger partial charge in [-0.3, -0.25) is 19.1 Å². The summed E-state index contributed by atoms with van der Waals surface area (Å²) in [6, 6.07) is 1.01. The lowest BCUT2D eigenvalue weighted by Gasteiger charge is -2.36. The van der Waals surface area contributed by atoms with Gasteiger partial charge in [-0.25, -0.2) is 13.2 Å². The lowest BCUT2D eigenvalue weighted by atomic mass is 9.95. The predicted molar refractivity (Wildman–Crippen MR) is 86.0 cm³/mol. The summed E-state index contributed by atoms with van der Waals surface area (Å²) in [6.07, 6.45) is 4.11. The highest BCUT2D eigenvalue weighted by molar-refractivity contribution is 7.88. The molecule has 3 aliphatic rings. The number of nitrogens with one attached hydrogen (secondary N) is 1. The third-order valence-electron chi connectivity index (χ3n) is 4.67. The van der Waals surface area contributed by atoms with Crippen molar-refractivity contribution in [3.05, 3.63) is 33.1 Å². The van der Waals surface area contributed by atoms with E-state index < -0.39 is 21.3 Å². The lowest BCUT2D eigenvalue weighted by molar-refractivity contribution is -0.136. The van der Waals surface area contributed by atoms with Gasteiger partial charge in [-0.05, 0) is 18.8 Å². The maximum absolute atomic E-state index is 12.6. The van der Waals surface area contributed by atoms with Crippen molar-refractivity contribution in [3.8, 4) is 0 Å². The molecule has 2 atom stereocenters. The van der Waals surface area contributed by atoms with Gasteiger partial charge in [0.05, 0.1) is 6.26 Å². The number of piperidine rings is 1. The molecule has 0 aliphatic carbocycles. The largest absolute Gasteiger partial charge is 0.337 e. The van der Waals surface area contributed by atoms with Crippen LogP contribution in [0.1, 0.15) is 12.8 Å². The Labute approximate surface area is 138 Å². The molecule has 3 aliphatic heterocycles. The summed E-state index contributed by atoms with van der Waals surface area (Å²) in [5, 5.41) is 0. The number of aromatic nitrogens is 2. The molecule has 2 bridgehead atoms. The second-order valence-electron chi connectivity index (χ2n) is 6.46. The van der Waals surface area contributed by atoms with Gasteiger partial charge < -0.3 is 4.90 Å². The molecule has 1 aromatic heterocycles. The molecule has 1 amide bonds. The van der Waals surface area contributed by atoms with E-state index in [0.29, 0.717) is 19.6 Å². The van der Waals surface area contributed by atoms with Gasteiger partial charge in [0.15, 0.2) is 0 Å². The molecule has 3 fully saturated rings. The Kier molecular flexibility index (Phi) is 4.35. The smallest absolute Gasteiger partial charge is 0.328 e. The van der Waals surface area contributed by atoms with Crippen LogP contribution in [0.4, 0.5) is 0 Å². The second-order valence-corrected chi connectivity index (χ2v) is 8.44. The number of H-pyrrole nitrogens is 1. The normalized spacial score (nSPS) is 24.8. The van der Waals surface area contributed by atoms with Crippen LogP contribution in [-0.4, -0.2) is 65.0 Å². The number of hydrogen-bond acceptors (Lipinski definition) is 5. The number of hydrogen-bond donors (Lipinski definition) is 1. The minimum absolute atomic E-state index is 0.106. The fourth-order valence-electron chi connectivity index (χ4n) is 3.42. The van der Waals surface area contributed by atoms with Gasteiger partial charge in [-0.2, -0.15) is 4.31 Å². The van der Waals surface area contributed by atoms with Crippen molar-refractivity contribution in [1.29, 1.82) is 0 Å². The molecule has 0 aromatic carbocycles. The Morgan fingerprint density at radius 3 is 2.67 bits per heavy atom. The molecular weight excluding hydrogens is 336 g/mol. The van der Waals surface area contributed by atoms with E-state index in [-0.39, 0.29) is 24.4 Å². The topological polar surface area (TPSA) is 113 Å². The Hall–Kier alpha value is -1.94. The molecule has 4 heterocycles. The summed E-state index contributed by atoms with van der Waals surface area (Å²) >= 11 is 0. The summed E-state index contributed by atoms with van der Waals surface area (Å²) in [7, 11) is -3.29. The Morgan fingerprint density at radius 1 is 1.25 bits per heavy atom. The molecule has 0 radical (unpaired) electrons. The van der Waals surface area contributed by atoms with Gasteiger partial charge in [0, 0.05) is 37.9 Å². The van der Waals surface area contributed by atoms with Crippen molar-refractivity contribution in [3.63, 3.8) is 0 Å². The SMILES string of the molecule is CS(=O)(=O)N1C[C@H]2CC[C@@H](C1)N(C(=O)Cn1ccc(=O)[nH]c1=O)C2. The highest BCUT2D eigenvalue weighted by Crippen LogP contribution is 2.29. The first-order chi connectivity index (χ1) is 11.2. The van der Waals surface area contributed by atoms with Gasteiger partial charge in [0.1, 0.15) is 6.54 Å². The van der Waals surface area contributed by atoms with Crippen LogP contribution in [0.25, 0.3) is 0 Å². The zero-order valence-corrected chi connectivity index (χ0v) is 14.2. The number of carbonyl (C=O) groups is 1. The van der Waals surface area contributed by atoms with Gasteiger partial charge in [0.2, 0.25) is 15.9 Å². The molecule has 10 heteroatoms. The van der Waals surface area contributed by atoms with Crippen LogP contribution in [0.15, 0.2) is 21.9 Å². The first-order valence-corrected chi connectivity index (χ1v) is 9.63. The molecule has 1 aromatic rings. The summed E-state index contributed by atoms with van der Waals surface area (Å²) in [5.74, 6) is -0.135. The van der Waals surface area contributed by atoms with Crippen molar-refractivity contribution < 1.29 is 13.2 Å². The fourth-order valence-corrected chi connectivity index (χ4v) is 4.34. The highest BCUT2D eigenvalue weighted by Gasteiger charge is 2.39. The van der Waals surface area contributed by atoms with E-state index in [2.05, 4.69) is 4.98 Å². The number of amides is 1. The number of carbonyl (C=O) groups excluding carboxylic acids is 1. The molecule has 24 heavy (non-hydrogen) atoms. The van der Waals surface area contributed by atoms with Crippen LogP contribution in [0.2, 0.25) is 0 Å². The number of nitrogens with zero attached hydrogens (tertiary/aromatic N) is 3. The number of sulfonamides is 1. The molecule has 4 rings (SSSR count). The summed E-state index contributed by atoms with van der Waals surface area (Å²) < 4.78 is 26.3. The lowest BCUT2D eigenvalue weighted by Crippen LogP contribution is -2.49. The van der Waals surface area contributed by atoms with Gasteiger partial charge in [-0.1, -0.05) is 0 Å². The van der Waals surface area contributed by atoms with E-state index >= 15 is 0 Å². The van der Waals surface area contributed by atoms with E-state index in [1.54, 1.807) is 4.90 Å². The summed E-state index contributed by atoms with van der Waals surface area (Å²) in [5.41, 5.74) is -1.14. The number of rotatable bonds is 3.